The lowest BCUT2D eigenvalue weighted by Crippen LogP contribution is -2.29. The van der Waals surface area contributed by atoms with Crippen molar-refractivity contribution in [2.45, 2.75) is 6.54 Å². The van der Waals surface area contributed by atoms with E-state index in [0.717, 1.165) is 5.56 Å². The summed E-state index contributed by atoms with van der Waals surface area (Å²) >= 11 is 0. The molecule has 172 valence electrons. The van der Waals surface area contributed by atoms with E-state index in [9.17, 15) is 14.7 Å². The Morgan fingerprint density at radius 3 is 2.29 bits per heavy atom. The number of carbonyl (C=O) groups excluding carboxylic acids is 1. The Kier molecular flexibility index (Phi) is 6.54. The molecule has 1 heterocycles. The van der Waals surface area contributed by atoms with E-state index < -0.39 is 5.91 Å². The maximum absolute atomic E-state index is 13.0. The Bertz CT molecular complexity index is 1410. The molecule has 1 aromatic heterocycles. The molecule has 0 fully saturated rings. The molecule has 2 N–H and O–H groups in total. The molecule has 9 heteroatoms. The van der Waals surface area contributed by atoms with Crippen LogP contribution >= 0.6 is 0 Å². The van der Waals surface area contributed by atoms with Crippen molar-refractivity contribution in [2.75, 3.05) is 14.2 Å². The van der Waals surface area contributed by atoms with E-state index >= 15 is 0 Å². The summed E-state index contributed by atoms with van der Waals surface area (Å²) in [5, 5.41) is 19.2. The molecule has 9 nitrogen and oxygen atoms in total. The van der Waals surface area contributed by atoms with Gasteiger partial charge in [-0.3, -0.25) is 9.59 Å². The van der Waals surface area contributed by atoms with E-state index in [2.05, 4.69) is 15.6 Å². The first-order chi connectivity index (χ1) is 16.5. The molecule has 0 bridgehead atoms. The van der Waals surface area contributed by atoms with Crippen LogP contribution in [-0.4, -0.2) is 41.2 Å². The van der Waals surface area contributed by atoms with E-state index in [0.29, 0.717) is 16.3 Å². The van der Waals surface area contributed by atoms with Gasteiger partial charge in [-0.2, -0.15) is 10.2 Å². The first-order valence-electron chi connectivity index (χ1n) is 10.3. The van der Waals surface area contributed by atoms with Gasteiger partial charge in [0, 0.05) is 10.9 Å². The predicted molar refractivity (Wildman–Crippen MR) is 128 cm³/mol. The number of aromatic hydroxyl groups is 1. The van der Waals surface area contributed by atoms with Crippen molar-refractivity contribution in [1.29, 1.82) is 0 Å². The molecule has 34 heavy (non-hydrogen) atoms. The van der Waals surface area contributed by atoms with Crippen LogP contribution < -0.4 is 20.5 Å². The number of fused-ring (bicyclic) bond motifs is 1. The van der Waals surface area contributed by atoms with Crippen LogP contribution in [0.1, 0.15) is 21.6 Å². The quantitative estimate of drug-likeness (QED) is 0.325. The highest BCUT2D eigenvalue weighted by molar-refractivity contribution is 6.05. The molecule has 4 rings (SSSR count). The second kappa shape index (κ2) is 9.86. The van der Waals surface area contributed by atoms with Gasteiger partial charge in [0.15, 0.2) is 17.2 Å². The van der Waals surface area contributed by atoms with E-state index in [1.54, 1.807) is 36.4 Å². The van der Waals surface area contributed by atoms with Gasteiger partial charge in [-0.25, -0.2) is 10.1 Å². The topological polar surface area (TPSA) is 115 Å². The molecule has 0 radical (unpaired) electrons. The summed E-state index contributed by atoms with van der Waals surface area (Å²) in [6.07, 6.45) is 1.38. The number of phenols is 1. The van der Waals surface area contributed by atoms with Gasteiger partial charge in [-0.15, -0.1) is 0 Å². The first kappa shape index (κ1) is 22.5. The lowest BCUT2D eigenvalue weighted by Gasteiger charge is -2.10. The van der Waals surface area contributed by atoms with Crippen LogP contribution in [0.2, 0.25) is 0 Å². The van der Waals surface area contributed by atoms with Crippen molar-refractivity contribution in [3.63, 3.8) is 0 Å². The first-order valence-corrected chi connectivity index (χ1v) is 10.3. The molecule has 0 aliphatic carbocycles. The van der Waals surface area contributed by atoms with Crippen molar-refractivity contribution in [3.05, 3.63) is 93.9 Å². The molecule has 3 aromatic carbocycles. The second-order valence-electron chi connectivity index (χ2n) is 7.32. The van der Waals surface area contributed by atoms with Crippen LogP contribution in [0.25, 0.3) is 10.8 Å². The maximum atomic E-state index is 13.0. The Morgan fingerprint density at radius 1 is 1.03 bits per heavy atom. The van der Waals surface area contributed by atoms with Crippen LogP contribution in [0.3, 0.4) is 0 Å². The van der Waals surface area contributed by atoms with Gasteiger partial charge < -0.3 is 14.6 Å². The van der Waals surface area contributed by atoms with Crippen molar-refractivity contribution in [1.82, 2.24) is 15.2 Å². The third-order valence-corrected chi connectivity index (χ3v) is 5.14. The van der Waals surface area contributed by atoms with Crippen molar-refractivity contribution >= 4 is 22.9 Å². The summed E-state index contributed by atoms with van der Waals surface area (Å²) < 4.78 is 11.5. The second-order valence-corrected chi connectivity index (χ2v) is 7.32. The highest BCUT2D eigenvalue weighted by Crippen LogP contribution is 2.36. The van der Waals surface area contributed by atoms with Gasteiger partial charge in [0.2, 0.25) is 5.75 Å². The Hall–Kier alpha value is -4.66. The molecular weight excluding hydrogens is 436 g/mol. The number of phenolic OH excluding ortho intramolecular Hbond substituents is 1. The van der Waals surface area contributed by atoms with Crippen LogP contribution in [0.5, 0.6) is 17.2 Å². The highest BCUT2D eigenvalue weighted by Gasteiger charge is 2.17. The van der Waals surface area contributed by atoms with Gasteiger partial charge in [0.05, 0.1) is 32.4 Å². The van der Waals surface area contributed by atoms with Crippen LogP contribution in [-0.2, 0) is 6.54 Å². The summed E-state index contributed by atoms with van der Waals surface area (Å²) in [5.41, 5.74) is 3.64. The number of hydrogen-bond donors (Lipinski definition) is 2. The van der Waals surface area contributed by atoms with E-state index in [4.69, 9.17) is 9.47 Å². The number of aromatic nitrogens is 2. The van der Waals surface area contributed by atoms with E-state index in [-0.39, 0.29) is 35.0 Å². The molecule has 4 aromatic rings. The Balaban J connectivity index is 1.65. The monoisotopic (exact) mass is 458 g/mol. The van der Waals surface area contributed by atoms with Crippen molar-refractivity contribution < 1.29 is 19.4 Å². The third-order valence-electron chi connectivity index (χ3n) is 5.14. The van der Waals surface area contributed by atoms with Gasteiger partial charge >= 0.3 is 0 Å². The molecule has 1 amide bonds. The molecule has 0 saturated carbocycles. The van der Waals surface area contributed by atoms with Crippen molar-refractivity contribution in [2.24, 2.45) is 5.10 Å². The fourth-order valence-corrected chi connectivity index (χ4v) is 3.47. The average Bonchev–Trinajstić information content (AvgIpc) is 2.87. The van der Waals surface area contributed by atoms with Gasteiger partial charge in [-0.05, 0) is 23.8 Å². The number of ether oxygens (including phenoxy) is 2. The third kappa shape index (κ3) is 4.58. The summed E-state index contributed by atoms with van der Waals surface area (Å²) in [6, 6.07) is 19.3. The summed E-state index contributed by atoms with van der Waals surface area (Å²) in [4.78, 5) is 25.9. The number of nitrogens with zero attached hydrogens (tertiary/aromatic N) is 3. The lowest BCUT2D eigenvalue weighted by molar-refractivity contribution is 0.0949. The fourth-order valence-electron chi connectivity index (χ4n) is 3.47. The predicted octanol–water partition coefficient (Wildman–Crippen LogP) is 2.93. The SMILES string of the molecule is COc1cc(/C=N/NC(=O)c2nn(Cc3ccccc3)c(=O)c3ccccc23)cc(OC)c1O. The van der Waals surface area contributed by atoms with Crippen LogP contribution in [0, 0.1) is 0 Å². The molecular formula is C25H22N4O5. The normalized spacial score (nSPS) is 11.0. The number of amides is 1. The van der Waals surface area contributed by atoms with Gasteiger partial charge in [-0.1, -0.05) is 48.5 Å². The highest BCUT2D eigenvalue weighted by atomic mass is 16.5. The van der Waals surface area contributed by atoms with E-state index in [1.807, 2.05) is 30.3 Å². The van der Waals surface area contributed by atoms with Gasteiger partial charge in [0.1, 0.15) is 0 Å². The Labute approximate surface area is 194 Å². The van der Waals surface area contributed by atoms with E-state index in [1.165, 1.54) is 25.1 Å². The zero-order chi connectivity index (χ0) is 24.1. The number of methoxy groups -OCH3 is 2. The number of carbonyl (C=O) groups is 1. The lowest BCUT2D eigenvalue weighted by atomic mass is 10.1. The van der Waals surface area contributed by atoms with Crippen LogP contribution in [0.15, 0.2) is 76.6 Å². The minimum atomic E-state index is -0.577. The van der Waals surface area contributed by atoms with Crippen LogP contribution in [0.4, 0.5) is 0 Å². The molecule has 0 spiro atoms. The summed E-state index contributed by atoms with van der Waals surface area (Å²) in [7, 11) is 2.83. The number of hydrogen-bond acceptors (Lipinski definition) is 7. The average molecular weight is 458 g/mol. The minimum absolute atomic E-state index is 0.0733. The zero-order valence-electron chi connectivity index (χ0n) is 18.6. The summed E-state index contributed by atoms with van der Waals surface area (Å²) in [6.45, 7) is 0.223. The zero-order valence-corrected chi connectivity index (χ0v) is 18.6. The largest absolute Gasteiger partial charge is 0.502 e. The number of nitrogens with one attached hydrogen (secondary N) is 1. The number of hydrazone groups is 1. The molecule has 0 aliphatic rings. The molecule has 0 saturated heterocycles. The maximum Gasteiger partial charge on any atom is 0.292 e. The van der Waals surface area contributed by atoms with Crippen molar-refractivity contribution in [3.8, 4) is 17.2 Å². The summed E-state index contributed by atoms with van der Waals surface area (Å²) in [5.74, 6) is -0.310. The number of benzene rings is 3. The minimum Gasteiger partial charge on any atom is -0.502 e. The molecule has 0 aliphatic heterocycles. The standard InChI is InChI=1S/C25H22N4O5/c1-33-20-12-17(13-21(34-2)23(20)30)14-26-27-24(31)22-18-10-6-7-11-19(18)25(32)29(28-22)15-16-8-4-3-5-9-16/h3-14,30H,15H2,1-2H3,(H,27,31)/b26-14+. The molecule has 0 unspecified atom stereocenters. The van der Waals surface area contributed by atoms with Gasteiger partial charge in [0.25, 0.3) is 11.5 Å². The number of rotatable bonds is 7. The Morgan fingerprint density at radius 2 is 1.65 bits per heavy atom. The fraction of sp³-hybridized carbons (Fsp3) is 0.120. The molecule has 0 atom stereocenters. The smallest absolute Gasteiger partial charge is 0.292 e.